The molecule has 0 aliphatic heterocycles. The van der Waals surface area contributed by atoms with Crippen LogP contribution in [-0.2, 0) is 11.2 Å². The average Bonchev–Trinajstić information content (AvgIpc) is 2.74. The second-order valence-electron chi connectivity index (χ2n) is 3.43. The summed E-state index contributed by atoms with van der Waals surface area (Å²) in [4.78, 5) is 14.6. The van der Waals surface area contributed by atoms with Crippen LogP contribution in [0.5, 0.6) is 0 Å². The number of halogens is 1. The monoisotopic (exact) mass is 234 g/mol. The van der Waals surface area contributed by atoms with Crippen molar-refractivity contribution in [2.24, 2.45) is 0 Å². The maximum Gasteiger partial charge on any atom is 0.230 e. The Morgan fingerprint density at radius 3 is 2.62 bits per heavy atom. The third-order valence-electron chi connectivity index (χ3n) is 2.14. The maximum atomic E-state index is 11.6. The zero-order valence-electron chi connectivity index (χ0n) is 8.53. The molecule has 0 saturated heterocycles. The molecule has 0 saturated carbocycles. The number of hydrogen-bond donors (Lipinski definition) is 2. The summed E-state index contributed by atoms with van der Waals surface area (Å²) in [5.74, 6) is -0.0511. The molecule has 0 aliphatic rings. The zero-order valence-corrected chi connectivity index (χ0v) is 9.29. The molecule has 0 unspecified atom stereocenters. The summed E-state index contributed by atoms with van der Waals surface area (Å²) in [6.07, 6.45) is 2.14. The molecule has 2 rings (SSSR count). The molecular formula is C12H11ClN2O. The Morgan fingerprint density at radius 2 is 2.00 bits per heavy atom. The summed E-state index contributed by atoms with van der Waals surface area (Å²) in [7, 11) is 0. The van der Waals surface area contributed by atoms with Crippen LogP contribution in [0.1, 0.15) is 5.69 Å². The van der Waals surface area contributed by atoms with Gasteiger partial charge in [0.05, 0.1) is 6.42 Å². The van der Waals surface area contributed by atoms with E-state index in [4.69, 9.17) is 11.6 Å². The van der Waals surface area contributed by atoms with Gasteiger partial charge in [-0.2, -0.15) is 0 Å². The van der Waals surface area contributed by atoms with Crippen LogP contribution in [0.3, 0.4) is 0 Å². The van der Waals surface area contributed by atoms with Gasteiger partial charge in [0, 0.05) is 22.6 Å². The van der Waals surface area contributed by atoms with Gasteiger partial charge in [0.1, 0.15) is 0 Å². The van der Waals surface area contributed by atoms with E-state index in [1.54, 1.807) is 30.5 Å². The standard InChI is InChI=1S/C12H11ClN2O/c13-9-3-5-10(6-4-9)15-12(16)8-11-2-1-7-14-11/h1-7,14H,8H2,(H,15,16). The molecule has 0 aliphatic carbocycles. The molecule has 4 heteroatoms. The predicted molar refractivity (Wildman–Crippen MR) is 64.6 cm³/mol. The second-order valence-corrected chi connectivity index (χ2v) is 3.86. The first kappa shape index (κ1) is 10.8. The molecule has 1 aromatic heterocycles. The van der Waals surface area contributed by atoms with Crippen molar-refractivity contribution >= 4 is 23.2 Å². The van der Waals surface area contributed by atoms with Crippen LogP contribution in [0, 0.1) is 0 Å². The first-order valence-corrected chi connectivity index (χ1v) is 5.29. The molecule has 2 N–H and O–H groups in total. The van der Waals surface area contributed by atoms with E-state index in [1.165, 1.54) is 0 Å². The summed E-state index contributed by atoms with van der Waals surface area (Å²) in [5, 5.41) is 3.44. The number of H-pyrrole nitrogens is 1. The van der Waals surface area contributed by atoms with Gasteiger partial charge in [-0.1, -0.05) is 11.6 Å². The van der Waals surface area contributed by atoms with E-state index in [0.717, 1.165) is 11.4 Å². The molecule has 1 amide bonds. The normalized spacial score (nSPS) is 10.1. The maximum absolute atomic E-state index is 11.6. The summed E-state index contributed by atoms with van der Waals surface area (Å²) in [6.45, 7) is 0. The smallest absolute Gasteiger partial charge is 0.230 e. The van der Waals surface area contributed by atoms with Gasteiger partial charge in [-0.05, 0) is 36.4 Å². The van der Waals surface area contributed by atoms with Gasteiger partial charge < -0.3 is 10.3 Å². The number of carbonyl (C=O) groups excluding carboxylic acids is 1. The van der Waals surface area contributed by atoms with E-state index in [1.807, 2.05) is 12.1 Å². The minimum atomic E-state index is -0.0511. The Bertz CT molecular complexity index is 462. The predicted octanol–water partition coefficient (Wildman–Crippen LogP) is 2.85. The van der Waals surface area contributed by atoms with Gasteiger partial charge >= 0.3 is 0 Å². The minimum Gasteiger partial charge on any atom is -0.365 e. The number of rotatable bonds is 3. The first-order valence-electron chi connectivity index (χ1n) is 4.92. The number of anilines is 1. The molecular weight excluding hydrogens is 224 g/mol. The largest absolute Gasteiger partial charge is 0.365 e. The number of benzene rings is 1. The molecule has 16 heavy (non-hydrogen) atoms. The van der Waals surface area contributed by atoms with Crippen LogP contribution in [-0.4, -0.2) is 10.9 Å². The van der Waals surface area contributed by atoms with Gasteiger partial charge in [0.2, 0.25) is 5.91 Å². The molecule has 1 heterocycles. The van der Waals surface area contributed by atoms with Crippen LogP contribution >= 0.6 is 11.6 Å². The molecule has 0 radical (unpaired) electrons. The second kappa shape index (κ2) is 4.86. The Labute approximate surface area is 98.4 Å². The van der Waals surface area contributed by atoms with Gasteiger partial charge in [0.15, 0.2) is 0 Å². The lowest BCUT2D eigenvalue weighted by Crippen LogP contribution is -2.14. The number of amides is 1. The van der Waals surface area contributed by atoms with E-state index >= 15 is 0 Å². The Balaban J connectivity index is 1.95. The Hall–Kier alpha value is -1.74. The van der Waals surface area contributed by atoms with Crippen molar-refractivity contribution in [1.29, 1.82) is 0 Å². The number of carbonyl (C=O) groups is 1. The number of hydrogen-bond acceptors (Lipinski definition) is 1. The average molecular weight is 235 g/mol. The van der Waals surface area contributed by atoms with Crippen LogP contribution in [0.15, 0.2) is 42.6 Å². The van der Waals surface area contributed by atoms with E-state index in [-0.39, 0.29) is 5.91 Å². The third kappa shape index (κ3) is 2.87. The van der Waals surface area contributed by atoms with Crippen LogP contribution in [0.2, 0.25) is 5.02 Å². The SMILES string of the molecule is O=C(Cc1ccc[nH]1)Nc1ccc(Cl)cc1. The number of aromatic amines is 1. The molecule has 82 valence electrons. The molecule has 2 aromatic rings. The van der Waals surface area contributed by atoms with E-state index in [9.17, 15) is 4.79 Å². The lowest BCUT2D eigenvalue weighted by molar-refractivity contribution is -0.115. The van der Waals surface area contributed by atoms with Crippen molar-refractivity contribution in [2.75, 3.05) is 5.32 Å². The van der Waals surface area contributed by atoms with E-state index < -0.39 is 0 Å². The van der Waals surface area contributed by atoms with E-state index in [0.29, 0.717) is 11.4 Å². The van der Waals surface area contributed by atoms with Crippen LogP contribution in [0.4, 0.5) is 5.69 Å². The van der Waals surface area contributed by atoms with Gasteiger partial charge in [-0.25, -0.2) is 0 Å². The molecule has 3 nitrogen and oxygen atoms in total. The fraction of sp³-hybridized carbons (Fsp3) is 0.0833. The topological polar surface area (TPSA) is 44.9 Å². The van der Waals surface area contributed by atoms with Gasteiger partial charge in [0.25, 0.3) is 0 Å². The summed E-state index contributed by atoms with van der Waals surface area (Å²) in [5.41, 5.74) is 1.65. The fourth-order valence-electron chi connectivity index (χ4n) is 1.39. The quantitative estimate of drug-likeness (QED) is 0.843. The number of aromatic nitrogens is 1. The lowest BCUT2D eigenvalue weighted by atomic mass is 10.2. The molecule has 0 atom stereocenters. The summed E-state index contributed by atoms with van der Waals surface area (Å²) >= 11 is 5.75. The van der Waals surface area contributed by atoms with Crippen molar-refractivity contribution < 1.29 is 4.79 Å². The molecule has 0 bridgehead atoms. The van der Waals surface area contributed by atoms with Crippen LogP contribution in [0.25, 0.3) is 0 Å². The van der Waals surface area contributed by atoms with Crippen molar-refractivity contribution in [2.45, 2.75) is 6.42 Å². The van der Waals surface area contributed by atoms with Crippen molar-refractivity contribution in [3.8, 4) is 0 Å². The minimum absolute atomic E-state index is 0.0511. The molecule has 0 spiro atoms. The third-order valence-corrected chi connectivity index (χ3v) is 2.39. The lowest BCUT2D eigenvalue weighted by Gasteiger charge is -2.04. The van der Waals surface area contributed by atoms with Crippen molar-refractivity contribution in [3.05, 3.63) is 53.3 Å². The molecule has 0 fully saturated rings. The highest BCUT2D eigenvalue weighted by molar-refractivity contribution is 6.30. The summed E-state index contributed by atoms with van der Waals surface area (Å²) < 4.78 is 0. The van der Waals surface area contributed by atoms with Gasteiger partial charge in [-0.3, -0.25) is 4.79 Å². The Morgan fingerprint density at radius 1 is 1.25 bits per heavy atom. The molecule has 1 aromatic carbocycles. The highest BCUT2D eigenvalue weighted by atomic mass is 35.5. The van der Waals surface area contributed by atoms with Crippen molar-refractivity contribution in [1.82, 2.24) is 4.98 Å². The fourth-order valence-corrected chi connectivity index (χ4v) is 1.51. The highest BCUT2D eigenvalue weighted by Crippen LogP contribution is 2.13. The van der Waals surface area contributed by atoms with Crippen LogP contribution < -0.4 is 5.32 Å². The van der Waals surface area contributed by atoms with Gasteiger partial charge in [-0.15, -0.1) is 0 Å². The highest BCUT2D eigenvalue weighted by Gasteiger charge is 2.04. The Kier molecular flexibility index (Phi) is 3.27. The number of nitrogens with one attached hydrogen (secondary N) is 2. The first-order chi connectivity index (χ1) is 7.74. The zero-order chi connectivity index (χ0) is 11.4. The summed E-state index contributed by atoms with van der Waals surface area (Å²) in [6, 6.07) is 10.8. The van der Waals surface area contributed by atoms with E-state index in [2.05, 4.69) is 10.3 Å². The van der Waals surface area contributed by atoms with Crippen molar-refractivity contribution in [3.63, 3.8) is 0 Å².